The zero-order chi connectivity index (χ0) is 19.6. The second-order valence-electron chi connectivity index (χ2n) is 9.63. The molecule has 5 atom stereocenters. The Bertz CT molecular complexity index is 455. The Labute approximate surface area is 161 Å². The molecule has 2 rings (SSSR count). The Morgan fingerprint density at radius 1 is 0.923 bits per heavy atom. The predicted octanol–water partition coefficient (Wildman–Crippen LogP) is 5.82. The summed E-state index contributed by atoms with van der Waals surface area (Å²) in [6.45, 7) is 15.9. The molecule has 2 aliphatic carbocycles. The van der Waals surface area contributed by atoms with Gasteiger partial charge in [-0.15, -0.1) is 0 Å². The zero-order valence-electron chi connectivity index (χ0n) is 17.8. The van der Waals surface area contributed by atoms with Crippen molar-refractivity contribution in [3.05, 3.63) is 0 Å². The fraction of sp³-hybridized carbons (Fsp3) is 0.952. The molecule has 26 heavy (non-hydrogen) atoms. The van der Waals surface area contributed by atoms with E-state index in [2.05, 4.69) is 46.4 Å². The van der Waals surface area contributed by atoms with Crippen molar-refractivity contribution in [1.29, 1.82) is 0 Å². The number of ketones is 1. The van der Waals surface area contributed by atoms with Crippen molar-refractivity contribution in [3.8, 4) is 0 Å². The van der Waals surface area contributed by atoms with Crippen LogP contribution in [0.2, 0.25) is 16.6 Å². The lowest BCUT2D eigenvalue weighted by Gasteiger charge is -2.46. The first kappa shape index (κ1) is 22.1. The Kier molecular flexibility index (Phi) is 7.51. The summed E-state index contributed by atoms with van der Waals surface area (Å²) in [7, 11) is -1.97. The standard InChI is InChI=1S/C21H40O4Si/c1-13(2)26(14(3)4,15(5)6)25-21-11-8-17(22)12-20-18(16(7)24-23)9-10-19(20)21/h13-16,18-21,23H,8-12H2,1-7H3/t16?,18-,19+,20+,21-/m1/s1. The van der Waals surface area contributed by atoms with Gasteiger partial charge in [0.05, 0.1) is 6.10 Å². The van der Waals surface area contributed by atoms with E-state index in [0.717, 1.165) is 19.3 Å². The van der Waals surface area contributed by atoms with Gasteiger partial charge >= 0.3 is 0 Å². The predicted molar refractivity (Wildman–Crippen MR) is 108 cm³/mol. The average Bonchev–Trinajstić information content (AvgIpc) is 2.89. The molecule has 2 fully saturated rings. The fourth-order valence-electron chi connectivity index (χ4n) is 6.25. The maximum Gasteiger partial charge on any atom is 0.200 e. The van der Waals surface area contributed by atoms with Gasteiger partial charge in [-0.3, -0.25) is 10.1 Å². The minimum atomic E-state index is -1.97. The zero-order valence-corrected chi connectivity index (χ0v) is 18.8. The maximum absolute atomic E-state index is 12.4. The molecule has 1 unspecified atom stereocenters. The van der Waals surface area contributed by atoms with Crippen LogP contribution >= 0.6 is 0 Å². The SMILES string of the molecule is CC(OO)[C@H]1CC[C@H]2[C@H]1CC(=O)CC[C@H]2O[Si](C(C)C)(C(C)C)C(C)C. The highest BCUT2D eigenvalue weighted by molar-refractivity contribution is 6.77. The van der Waals surface area contributed by atoms with Crippen LogP contribution in [-0.2, 0) is 14.1 Å². The van der Waals surface area contributed by atoms with Crippen LogP contribution in [0.1, 0.15) is 80.6 Å². The summed E-state index contributed by atoms with van der Waals surface area (Å²) in [6, 6.07) is 0. The van der Waals surface area contributed by atoms with Gasteiger partial charge in [0.2, 0.25) is 8.32 Å². The third-order valence-electron chi connectivity index (χ3n) is 7.41. The van der Waals surface area contributed by atoms with Crippen molar-refractivity contribution < 1.29 is 19.4 Å². The highest BCUT2D eigenvalue weighted by Crippen LogP contribution is 2.50. The van der Waals surface area contributed by atoms with E-state index in [1.165, 1.54) is 0 Å². The van der Waals surface area contributed by atoms with Crippen molar-refractivity contribution in [2.75, 3.05) is 0 Å². The molecule has 0 aromatic carbocycles. The van der Waals surface area contributed by atoms with Crippen LogP contribution in [0, 0.1) is 17.8 Å². The highest BCUT2D eigenvalue weighted by atomic mass is 28.4. The second kappa shape index (κ2) is 8.85. The number of rotatable bonds is 7. The third kappa shape index (κ3) is 4.11. The third-order valence-corrected chi connectivity index (χ3v) is 13.5. The van der Waals surface area contributed by atoms with Crippen LogP contribution in [0.15, 0.2) is 0 Å². The van der Waals surface area contributed by atoms with Crippen molar-refractivity contribution in [2.24, 2.45) is 17.8 Å². The smallest absolute Gasteiger partial charge is 0.200 e. The van der Waals surface area contributed by atoms with Crippen molar-refractivity contribution >= 4 is 14.1 Å². The molecule has 5 heteroatoms. The first-order valence-corrected chi connectivity index (χ1v) is 12.8. The van der Waals surface area contributed by atoms with Crippen LogP contribution < -0.4 is 0 Å². The molecule has 2 saturated carbocycles. The quantitative estimate of drug-likeness (QED) is 0.341. The number of hydrogen-bond donors (Lipinski definition) is 1. The summed E-state index contributed by atoms with van der Waals surface area (Å²) in [5, 5.41) is 9.18. The van der Waals surface area contributed by atoms with E-state index in [-0.39, 0.29) is 24.0 Å². The Hall–Kier alpha value is -0.233. The first-order chi connectivity index (χ1) is 12.1. The maximum atomic E-state index is 12.4. The molecule has 152 valence electrons. The molecule has 0 radical (unpaired) electrons. The van der Waals surface area contributed by atoms with Gasteiger partial charge in [-0.2, -0.15) is 0 Å². The van der Waals surface area contributed by atoms with E-state index in [4.69, 9.17) is 4.43 Å². The fourth-order valence-corrected chi connectivity index (χ4v) is 11.9. The van der Waals surface area contributed by atoms with Gasteiger partial charge in [0, 0.05) is 18.9 Å². The summed E-state index contributed by atoms with van der Waals surface area (Å²) in [5.74, 6) is 1.32. The van der Waals surface area contributed by atoms with Crippen LogP contribution in [0.4, 0.5) is 0 Å². The largest absolute Gasteiger partial charge is 0.413 e. The second-order valence-corrected chi connectivity index (χ2v) is 15.0. The number of fused-ring (bicyclic) bond motifs is 1. The number of carbonyl (C=O) groups is 1. The minimum Gasteiger partial charge on any atom is -0.413 e. The first-order valence-electron chi connectivity index (χ1n) is 10.6. The topological polar surface area (TPSA) is 55.8 Å². The van der Waals surface area contributed by atoms with Gasteiger partial charge in [0.25, 0.3) is 0 Å². The molecule has 0 heterocycles. The average molecular weight is 385 g/mol. The number of carbonyl (C=O) groups excluding carboxylic acids is 1. The van der Waals surface area contributed by atoms with Gasteiger partial charge < -0.3 is 4.43 Å². The highest BCUT2D eigenvalue weighted by Gasteiger charge is 2.51. The molecule has 0 aliphatic heterocycles. The summed E-state index contributed by atoms with van der Waals surface area (Å²) >= 11 is 0. The molecule has 0 spiro atoms. The van der Waals surface area contributed by atoms with Gasteiger partial charge in [-0.05, 0) is 60.6 Å². The van der Waals surface area contributed by atoms with E-state index >= 15 is 0 Å². The van der Waals surface area contributed by atoms with Gasteiger partial charge in [-0.25, -0.2) is 4.89 Å². The van der Waals surface area contributed by atoms with Gasteiger partial charge in [0.1, 0.15) is 5.78 Å². The van der Waals surface area contributed by atoms with E-state index in [0.29, 0.717) is 41.2 Å². The van der Waals surface area contributed by atoms with Crippen LogP contribution in [0.25, 0.3) is 0 Å². The van der Waals surface area contributed by atoms with E-state index in [1.807, 2.05) is 6.92 Å². The molecule has 0 aromatic heterocycles. The molecule has 0 bridgehead atoms. The van der Waals surface area contributed by atoms with Crippen LogP contribution in [0.3, 0.4) is 0 Å². The molecule has 0 aromatic rings. The molecule has 2 aliphatic rings. The molecule has 0 amide bonds. The normalized spacial score (nSPS) is 31.6. The van der Waals surface area contributed by atoms with Crippen molar-refractivity contribution in [1.82, 2.24) is 0 Å². The molecule has 4 nitrogen and oxygen atoms in total. The molecular weight excluding hydrogens is 344 g/mol. The van der Waals surface area contributed by atoms with Crippen molar-refractivity contribution in [3.63, 3.8) is 0 Å². The Morgan fingerprint density at radius 3 is 2.00 bits per heavy atom. The lowest BCUT2D eigenvalue weighted by atomic mass is 9.82. The minimum absolute atomic E-state index is 0.182. The van der Waals surface area contributed by atoms with Gasteiger partial charge in [-0.1, -0.05) is 41.5 Å². The van der Waals surface area contributed by atoms with Crippen LogP contribution in [0.5, 0.6) is 0 Å². The number of Topliss-reactive ketones (excluding diaryl/α,β-unsaturated/α-hetero) is 1. The summed E-state index contributed by atoms with van der Waals surface area (Å²) in [6.07, 6.45) is 4.20. The van der Waals surface area contributed by atoms with E-state index < -0.39 is 8.32 Å². The lowest BCUT2D eigenvalue weighted by molar-refractivity contribution is -0.288. The summed E-state index contributed by atoms with van der Waals surface area (Å²) < 4.78 is 7.15. The van der Waals surface area contributed by atoms with Crippen molar-refractivity contribution in [2.45, 2.75) is 109 Å². The van der Waals surface area contributed by atoms with Gasteiger partial charge in [0.15, 0.2) is 0 Å². The van der Waals surface area contributed by atoms with E-state index in [9.17, 15) is 10.1 Å². The summed E-state index contributed by atoms with van der Waals surface area (Å²) in [5.41, 5.74) is 1.66. The Morgan fingerprint density at radius 2 is 1.50 bits per heavy atom. The molecule has 0 saturated heterocycles. The number of hydrogen-bond acceptors (Lipinski definition) is 4. The lowest BCUT2D eigenvalue weighted by Crippen LogP contribution is -2.51. The Balaban J connectivity index is 2.31. The van der Waals surface area contributed by atoms with E-state index in [1.54, 1.807) is 0 Å². The monoisotopic (exact) mass is 384 g/mol. The molecular formula is C21H40O4Si. The van der Waals surface area contributed by atoms with Crippen LogP contribution in [-0.4, -0.2) is 31.6 Å². The summed E-state index contributed by atoms with van der Waals surface area (Å²) in [4.78, 5) is 17.1. The molecule has 1 N–H and O–H groups in total.